The molecule has 10 heteroatoms. The Bertz CT molecular complexity index is 1850. The van der Waals surface area contributed by atoms with Crippen LogP contribution >= 0.6 is 0 Å². The van der Waals surface area contributed by atoms with Gasteiger partial charge in [0.25, 0.3) is 10.0 Å². The SMILES string of the molecule is COc1cc2c(-c3cc4cccnc4n3S(=O)(=O)c3ccc(C)cc3)cn(C(CC(C)(C)C)O[SiH](C)C)c2cc1OC. The van der Waals surface area contributed by atoms with Crippen molar-refractivity contribution in [3.8, 4) is 22.8 Å². The molecule has 3 heterocycles. The lowest BCUT2D eigenvalue weighted by molar-refractivity contribution is 0.0871. The molecule has 0 N–H and O–H groups in total. The molecule has 0 aliphatic heterocycles. The third-order valence-corrected chi connectivity index (χ3v) is 9.80. The average molecular weight is 606 g/mol. The van der Waals surface area contributed by atoms with E-state index in [1.54, 1.807) is 44.7 Å². The highest BCUT2D eigenvalue weighted by atomic mass is 32.2. The van der Waals surface area contributed by atoms with Crippen LogP contribution in [0, 0.1) is 12.3 Å². The van der Waals surface area contributed by atoms with Gasteiger partial charge in [-0.3, -0.25) is 0 Å². The maximum Gasteiger partial charge on any atom is 0.269 e. The van der Waals surface area contributed by atoms with E-state index in [1.165, 1.54) is 3.97 Å². The van der Waals surface area contributed by atoms with Gasteiger partial charge in [0.15, 0.2) is 26.2 Å². The second-order valence-corrected chi connectivity index (χ2v) is 16.3. The van der Waals surface area contributed by atoms with Crippen LogP contribution in [0.3, 0.4) is 0 Å². The molecular formula is C32H39N3O5SSi. The molecule has 0 saturated heterocycles. The van der Waals surface area contributed by atoms with Crippen molar-refractivity contribution in [2.45, 2.75) is 58.3 Å². The zero-order valence-electron chi connectivity index (χ0n) is 25.5. The Morgan fingerprint density at radius 3 is 2.26 bits per heavy atom. The molecule has 5 rings (SSSR count). The number of hydrogen-bond acceptors (Lipinski definition) is 6. The van der Waals surface area contributed by atoms with Crippen molar-refractivity contribution in [3.05, 3.63) is 72.6 Å². The van der Waals surface area contributed by atoms with Crippen molar-refractivity contribution >= 4 is 41.0 Å². The molecule has 0 saturated carbocycles. The lowest BCUT2D eigenvalue weighted by Gasteiger charge is -2.29. The lowest BCUT2D eigenvalue weighted by atomic mass is 9.91. The van der Waals surface area contributed by atoms with E-state index in [0.717, 1.165) is 33.8 Å². The summed E-state index contributed by atoms with van der Waals surface area (Å²) in [6.07, 6.45) is 4.13. The Kier molecular flexibility index (Phi) is 7.99. The van der Waals surface area contributed by atoms with E-state index in [2.05, 4.69) is 43.4 Å². The van der Waals surface area contributed by atoms with Crippen LogP contribution in [0.25, 0.3) is 33.2 Å². The number of aromatic nitrogens is 3. The van der Waals surface area contributed by atoms with Gasteiger partial charge in [0, 0.05) is 34.8 Å². The van der Waals surface area contributed by atoms with Gasteiger partial charge < -0.3 is 18.5 Å². The Balaban J connectivity index is 1.86. The first-order valence-electron chi connectivity index (χ1n) is 14.0. The van der Waals surface area contributed by atoms with Gasteiger partial charge in [-0.2, -0.15) is 0 Å². The minimum Gasteiger partial charge on any atom is -0.493 e. The minimum atomic E-state index is -4.01. The molecule has 0 spiro atoms. The van der Waals surface area contributed by atoms with Gasteiger partial charge in [0.1, 0.15) is 6.23 Å². The fourth-order valence-electron chi connectivity index (χ4n) is 5.33. The second-order valence-electron chi connectivity index (χ2n) is 12.1. The van der Waals surface area contributed by atoms with Crippen molar-refractivity contribution in [2.24, 2.45) is 5.41 Å². The van der Waals surface area contributed by atoms with Gasteiger partial charge >= 0.3 is 0 Å². The van der Waals surface area contributed by atoms with E-state index in [9.17, 15) is 8.42 Å². The maximum absolute atomic E-state index is 14.3. The minimum absolute atomic E-state index is 0.0190. The van der Waals surface area contributed by atoms with Gasteiger partial charge in [-0.05, 0) is 68.3 Å². The molecule has 0 aliphatic carbocycles. The Morgan fingerprint density at radius 2 is 1.64 bits per heavy atom. The summed E-state index contributed by atoms with van der Waals surface area (Å²) in [4.78, 5) is 4.72. The van der Waals surface area contributed by atoms with Gasteiger partial charge in [0.05, 0.1) is 30.3 Å². The van der Waals surface area contributed by atoms with Crippen molar-refractivity contribution in [1.29, 1.82) is 0 Å². The second kappa shape index (κ2) is 11.2. The number of nitrogens with zero attached hydrogens (tertiary/aromatic N) is 3. The number of methoxy groups -OCH3 is 2. The van der Waals surface area contributed by atoms with E-state index in [-0.39, 0.29) is 16.5 Å². The zero-order valence-corrected chi connectivity index (χ0v) is 27.5. The van der Waals surface area contributed by atoms with Crippen LogP contribution in [0.1, 0.15) is 39.0 Å². The predicted molar refractivity (Wildman–Crippen MR) is 171 cm³/mol. The van der Waals surface area contributed by atoms with Crippen LogP contribution in [0.5, 0.6) is 11.5 Å². The number of aryl methyl sites for hydroxylation is 1. The number of fused-ring (bicyclic) bond motifs is 2. The lowest BCUT2D eigenvalue weighted by Crippen LogP contribution is -2.24. The van der Waals surface area contributed by atoms with Gasteiger partial charge in [-0.25, -0.2) is 17.4 Å². The summed E-state index contributed by atoms with van der Waals surface area (Å²) in [5, 5.41) is 1.55. The molecule has 42 heavy (non-hydrogen) atoms. The fourth-order valence-corrected chi connectivity index (χ4v) is 7.66. The van der Waals surface area contributed by atoms with E-state index < -0.39 is 19.1 Å². The summed E-state index contributed by atoms with van der Waals surface area (Å²) in [5.41, 5.74) is 3.43. The smallest absolute Gasteiger partial charge is 0.269 e. The molecule has 0 amide bonds. The molecule has 3 aromatic heterocycles. The third kappa shape index (κ3) is 5.58. The number of benzene rings is 2. The van der Waals surface area contributed by atoms with Gasteiger partial charge in [-0.1, -0.05) is 38.5 Å². The Labute approximate surface area is 249 Å². The van der Waals surface area contributed by atoms with Crippen LogP contribution in [0.4, 0.5) is 0 Å². The quantitative estimate of drug-likeness (QED) is 0.166. The van der Waals surface area contributed by atoms with Gasteiger partial charge in [-0.15, -0.1) is 0 Å². The zero-order chi connectivity index (χ0) is 30.4. The first kappa shape index (κ1) is 29.9. The molecule has 8 nitrogen and oxygen atoms in total. The Hall–Kier alpha value is -3.60. The number of pyridine rings is 1. The molecule has 0 aliphatic rings. The standard InChI is InChI=1S/C32H39N3O5SSi/c1-21-11-13-23(14-12-21)41(36,37)35-27(16-22-10-9-15-33-31(22)35)25-20-34(30(40-42(7)8)19-32(2,3)4)26-18-29(39-6)28(38-5)17-24(25)26/h9-18,20,30,42H,19H2,1-8H3. The first-order valence-corrected chi connectivity index (χ1v) is 18.3. The highest BCUT2D eigenvalue weighted by molar-refractivity contribution is 7.90. The largest absolute Gasteiger partial charge is 0.493 e. The summed E-state index contributed by atoms with van der Waals surface area (Å²) in [6, 6.07) is 16.3. The molecular weight excluding hydrogens is 567 g/mol. The number of hydrogen-bond donors (Lipinski definition) is 0. The maximum atomic E-state index is 14.3. The molecule has 1 atom stereocenters. The van der Waals surface area contributed by atoms with Crippen molar-refractivity contribution in [2.75, 3.05) is 14.2 Å². The summed E-state index contributed by atoms with van der Waals surface area (Å²) in [7, 11) is -2.26. The van der Waals surface area contributed by atoms with Crippen molar-refractivity contribution in [1.82, 2.24) is 13.5 Å². The molecule has 1 unspecified atom stereocenters. The first-order chi connectivity index (χ1) is 19.8. The molecule has 222 valence electrons. The van der Waals surface area contributed by atoms with E-state index in [4.69, 9.17) is 13.9 Å². The van der Waals surface area contributed by atoms with Crippen LogP contribution in [0.15, 0.2) is 71.9 Å². The van der Waals surface area contributed by atoms with Crippen molar-refractivity contribution in [3.63, 3.8) is 0 Å². The third-order valence-electron chi connectivity index (χ3n) is 7.22. The average Bonchev–Trinajstić information content (AvgIpc) is 3.49. The van der Waals surface area contributed by atoms with Crippen LogP contribution in [-0.4, -0.2) is 45.2 Å². The highest BCUT2D eigenvalue weighted by Crippen LogP contribution is 2.43. The molecule has 0 bridgehead atoms. The normalized spacial score (nSPS) is 13.3. The molecule has 0 fully saturated rings. The molecule has 0 radical (unpaired) electrons. The fraction of sp³-hybridized carbons (Fsp3) is 0.344. The van der Waals surface area contributed by atoms with Crippen LogP contribution in [0.2, 0.25) is 13.1 Å². The summed E-state index contributed by atoms with van der Waals surface area (Å²) >= 11 is 0. The topological polar surface area (TPSA) is 84.6 Å². The summed E-state index contributed by atoms with van der Waals surface area (Å²) in [6.45, 7) is 12.8. The molecule has 5 aromatic rings. The van der Waals surface area contributed by atoms with E-state index in [1.807, 2.05) is 43.5 Å². The molecule has 2 aromatic carbocycles. The Morgan fingerprint density at radius 1 is 0.976 bits per heavy atom. The number of rotatable bonds is 9. The van der Waals surface area contributed by atoms with E-state index in [0.29, 0.717) is 22.8 Å². The van der Waals surface area contributed by atoms with Crippen LogP contribution in [-0.2, 0) is 14.4 Å². The van der Waals surface area contributed by atoms with Crippen LogP contribution < -0.4 is 9.47 Å². The van der Waals surface area contributed by atoms with Gasteiger partial charge in [0.2, 0.25) is 0 Å². The van der Waals surface area contributed by atoms with Crippen molar-refractivity contribution < 1.29 is 22.3 Å². The summed E-state index contributed by atoms with van der Waals surface area (Å²) in [5.74, 6) is 1.14. The summed E-state index contributed by atoms with van der Waals surface area (Å²) < 4.78 is 50.1. The monoisotopic (exact) mass is 605 g/mol. The van der Waals surface area contributed by atoms with E-state index >= 15 is 0 Å². The predicted octanol–water partition coefficient (Wildman–Crippen LogP) is 7.16. The number of ether oxygens (including phenoxy) is 2. The highest BCUT2D eigenvalue weighted by Gasteiger charge is 2.30.